The number of pyridine rings is 1. The third-order valence-electron chi connectivity index (χ3n) is 9.89. The van der Waals surface area contributed by atoms with E-state index in [-0.39, 0.29) is 0 Å². The Morgan fingerprint density at radius 2 is 0.887 bits per heavy atom. The van der Waals surface area contributed by atoms with Gasteiger partial charge in [-0.1, -0.05) is 170 Å². The molecule has 0 spiro atoms. The highest BCUT2D eigenvalue weighted by molar-refractivity contribution is 7.24. The highest BCUT2D eigenvalue weighted by Gasteiger charge is 2.22. The van der Waals surface area contributed by atoms with Crippen molar-refractivity contribution in [3.63, 3.8) is 0 Å². The van der Waals surface area contributed by atoms with Crippen LogP contribution in [-0.2, 0) is 0 Å². The van der Waals surface area contributed by atoms with Gasteiger partial charge < -0.3 is 0 Å². The molecule has 7 aromatic carbocycles. The van der Waals surface area contributed by atoms with Gasteiger partial charge in [-0.05, 0) is 40.5 Å². The lowest BCUT2D eigenvalue weighted by atomic mass is 9.93. The second kappa shape index (κ2) is 13.1. The number of thiophene rings is 1. The number of rotatable bonds is 6. The SMILES string of the molecule is c1ccc(-c2nc(-c3ccc(-c4cccc(-c5nc6ccccc6c6sc(-c7ccccc7)c(-c7ccccc7)c56)c4)cc3)c3ccccc3n2)cc1. The van der Waals surface area contributed by atoms with Gasteiger partial charge in [-0.3, -0.25) is 0 Å². The molecule has 0 aliphatic carbocycles. The third kappa shape index (κ3) is 5.57. The molecule has 10 rings (SSSR count). The van der Waals surface area contributed by atoms with Gasteiger partial charge in [0.05, 0.1) is 22.4 Å². The third-order valence-corrected chi connectivity index (χ3v) is 11.2. The van der Waals surface area contributed by atoms with Crippen molar-refractivity contribution in [2.24, 2.45) is 0 Å². The van der Waals surface area contributed by atoms with Crippen LogP contribution >= 0.6 is 11.3 Å². The molecular weight excluding hydrogens is 663 g/mol. The van der Waals surface area contributed by atoms with Crippen molar-refractivity contribution in [1.29, 1.82) is 0 Å². The lowest BCUT2D eigenvalue weighted by molar-refractivity contribution is 1.23. The lowest BCUT2D eigenvalue weighted by Gasteiger charge is -2.12. The highest BCUT2D eigenvalue weighted by atomic mass is 32.1. The second-order valence-corrected chi connectivity index (χ2v) is 14.2. The van der Waals surface area contributed by atoms with Crippen molar-refractivity contribution in [1.82, 2.24) is 15.0 Å². The molecule has 0 aliphatic heterocycles. The predicted octanol–water partition coefficient (Wildman–Crippen LogP) is 13.4. The monoisotopic (exact) mass is 693 g/mol. The van der Waals surface area contributed by atoms with E-state index < -0.39 is 0 Å². The van der Waals surface area contributed by atoms with E-state index in [4.69, 9.17) is 15.0 Å². The summed E-state index contributed by atoms with van der Waals surface area (Å²) in [7, 11) is 0. The van der Waals surface area contributed by atoms with Crippen molar-refractivity contribution < 1.29 is 0 Å². The first-order valence-electron chi connectivity index (χ1n) is 17.8. The van der Waals surface area contributed by atoms with Crippen LogP contribution < -0.4 is 0 Å². The second-order valence-electron chi connectivity index (χ2n) is 13.2. The Morgan fingerprint density at radius 1 is 0.340 bits per heavy atom. The molecule has 0 atom stereocenters. The number of para-hydroxylation sites is 2. The molecule has 248 valence electrons. The van der Waals surface area contributed by atoms with E-state index in [0.717, 1.165) is 61.4 Å². The van der Waals surface area contributed by atoms with Gasteiger partial charge in [-0.2, -0.15) is 0 Å². The summed E-state index contributed by atoms with van der Waals surface area (Å²) in [6.07, 6.45) is 0. The zero-order valence-electron chi connectivity index (χ0n) is 28.6. The molecule has 0 unspecified atom stereocenters. The molecule has 3 nitrogen and oxygen atoms in total. The Bertz CT molecular complexity index is 2920. The average Bonchev–Trinajstić information content (AvgIpc) is 3.65. The van der Waals surface area contributed by atoms with Crippen molar-refractivity contribution in [2.75, 3.05) is 0 Å². The van der Waals surface area contributed by atoms with Gasteiger partial charge in [0.1, 0.15) is 0 Å². The molecule has 0 aliphatic rings. The number of nitrogens with zero attached hydrogens (tertiary/aromatic N) is 3. The van der Waals surface area contributed by atoms with E-state index in [0.29, 0.717) is 0 Å². The molecule has 3 heterocycles. The van der Waals surface area contributed by atoms with E-state index in [1.807, 2.05) is 35.6 Å². The Hall–Kier alpha value is -6.75. The van der Waals surface area contributed by atoms with Gasteiger partial charge in [-0.25, -0.2) is 15.0 Å². The summed E-state index contributed by atoms with van der Waals surface area (Å²) in [4.78, 5) is 16.7. The Kier molecular flexibility index (Phi) is 7.67. The van der Waals surface area contributed by atoms with Crippen molar-refractivity contribution >= 4 is 43.2 Å². The summed E-state index contributed by atoms with van der Waals surface area (Å²) in [5, 5.41) is 3.40. The molecule has 0 saturated heterocycles. The van der Waals surface area contributed by atoms with Gasteiger partial charge >= 0.3 is 0 Å². The summed E-state index contributed by atoms with van der Waals surface area (Å²) in [5.41, 5.74) is 12.9. The van der Waals surface area contributed by atoms with Crippen LogP contribution in [0.4, 0.5) is 0 Å². The van der Waals surface area contributed by atoms with Crippen molar-refractivity contribution in [3.05, 3.63) is 188 Å². The lowest BCUT2D eigenvalue weighted by Crippen LogP contribution is -1.95. The summed E-state index contributed by atoms with van der Waals surface area (Å²) >= 11 is 1.86. The maximum atomic E-state index is 5.41. The van der Waals surface area contributed by atoms with E-state index in [1.54, 1.807) is 0 Å². The van der Waals surface area contributed by atoms with Gasteiger partial charge in [0.25, 0.3) is 0 Å². The van der Waals surface area contributed by atoms with Crippen LogP contribution in [0.25, 0.3) is 98.5 Å². The number of hydrogen-bond donors (Lipinski definition) is 0. The number of fused-ring (bicyclic) bond motifs is 4. The van der Waals surface area contributed by atoms with Crippen LogP contribution in [0.1, 0.15) is 0 Å². The maximum absolute atomic E-state index is 5.41. The predicted molar refractivity (Wildman–Crippen MR) is 223 cm³/mol. The van der Waals surface area contributed by atoms with Gasteiger partial charge in [-0.15, -0.1) is 11.3 Å². The van der Waals surface area contributed by atoms with Crippen LogP contribution in [0.3, 0.4) is 0 Å². The van der Waals surface area contributed by atoms with E-state index >= 15 is 0 Å². The minimum Gasteiger partial charge on any atom is -0.247 e. The normalized spacial score (nSPS) is 11.4. The van der Waals surface area contributed by atoms with Crippen LogP contribution in [0.2, 0.25) is 0 Å². The summed E-state index contributed by atoms with van der Waals surface area (Å²) in [6.45, 7) is 0. The minimum absolute atomic E-state index is 0.726. The van der Waals surface area contributed by atoms with E-state index in [1.165, 1.54) is 37.0 Å². The molecule has 53 heavy (non-hydrogen) atoms. The first kappa shape index (κ1) is 31.0. The Labute approximate surface area is 311 Å². The summed E-state index contributed by atoms with van der Waals surface area (Å²) < 4.78 is 1.25. The molecule has 0 fully saturated rings. The Morgan fingerprint density at radius 3 is 1.60 bits per heavy atom. The number of benzene rings is 7. The van der Waals surface area contributed by atoms with Crippen LogP contribution in [0, 0.1) is 0 Å². The van der Waals surface area contributed by atoms with Gasteiger partial charge in [0, 0.05) is 48.0 Å². The first-order chi connectivity index (χ1) is 26.3. The summed E-state index contributed by atoms with van der Waals surface area (Å²) in [5.74, 6) is 0.726. The topological polar surface area (TPSA) is 38.7 Å². The minimum atomic E-state index is 0.726. The molecular formula is C49H31N3S. The fourth-order valence-electron chi connectivity index (χ4n) is 7.35. The molecule has 0 saturated carbocycles. The molecule has 10 aromatic rings. The van der Waals surface area contributed by atoms with Crippen molar-refractivity contribution in [2.45, 2.75) is 0 Å². The fraction of sp³-hybridized carbons (Fsp3) is 0. The molecule has 0 N–H and O–H groups in total. The van der Waals surface area contributed by atoms with Crippen molar-refractivity contribution in [3.8, 4) is 66.6 Å². The van der Waals surface area contributed by atoms with Crippen LogP contribution in [0.15, 0.2) is 188 Å². The largest absolute Gasteiger partial charge is 0.247 e. The zero-order chi connectivity index (χ0) is 35.1. The summed E-state index contributed by atoms with van der Waals surface area (Å²) in [6, 6.07) is 66.0. The first-order valence-corrected chi connectivity index (χ1v) is 18.6. The molecule has 0 radical (unpaired) electrons. The zero-order valence-corrected chi connectivity index (χ0v) is 29.5. The smallest absolute Gasteiger partial charge is 0.160 e. The molecule has 4 heteroatoms. The average molecular weight is 694 g/mol. The van der Waals surface area contributed by atoms with Gasteiger partial charge in [0.2, 0.25) is 0 Å². The molecule has 0 bridgehead atoms. The Balaban J connectivity index is 1.12. The number of aromatic nitrogens is 3. The van der Waals surface area contributed by atoms with Crippen LogP contribution in [0.5, 0.6) is 0 Å². The van der Waals surface area contributed by atoms with Gasteiger partial charge in [0.15, 0.2) is 5.82 Å². The standard InChI is InChI=1S/C49H31N3S/c1-4-15-33(16-5-1)43-44-46(50-42-26-13-11-24-40(42)48(44)53-47(43)35-17-6-2-7-18-35)38-22-14-21-37(31-38)32-27-29-34(30-28-32)45-39-23-10-12-25-41(39)51-49(52-45)36-19-8-3-9-20-36/h1-31H. The van der Waals surface area contributed by atoms with E-state index in [2.05, 4.69) is 164 Å². The van der Waals surface area contributed by atoms with Crippen LogP contribution in [-0.4, -0.2) is 15.0 Å². The van der Waals surface area contributed by atoms with E-state index in [9.17, 15) is 0 Å². The number of hydrogen-bond acceptors (Lipinski definition) is 4. The molecule has 0 amide bonds. The quantitative estimate of drug-likeness (QED) is 0.174. The molecule has 3 aromatic heterocycles. The fourth-order valence-corrected chi connectivity index (χ4v) is 8.71. The maximum Gasteiger partial charge on any atom is 0.160 e. The highest BCUT2D eigenvalue weighted by Crippen LogP contribution is 2.50.